The van der Waals surface area contributed by atoms with Crippen LogP contribution in [-0.4, -0.2) is 45.8 Å². The molecule has 0 aliphatic carbocycles. The van der Waals surface area contributed by atoms with Gasteiger partial charge >= 0.3 is 0 Å². The predicted molar refractivity (Wildman–Crippen MR) is 67.6 cm³/mol. The van der Waals surface area contributed by atoms with Crippen LogP contribution in [0.15, 0.2) is 24.5 Å². The number of aliphatic hydroxyl groups excluding tert-OH is 1. The summed E-state index contributed by atoms with van der Waals surface area (Å²) < 4.78 is 0. The highest BCUT2D eigenvalue weighted by Crippen LogP contribution is 2.14. The van der Waals surface area contributed by atoms with Crippen LogP contribution in [0.1, 0.15) is 12.0 Å². The molecule has 1 aliphatic heterocycles. The smallest absolute Gasteiger partial charge is 0.232 e. The largest absolute Gasteiger partial charge is 0.391 e. The van der Waals surface area contributed by atoms with Gasteiger partial charge in [0, 0.05) is 31.2 Å². The molecule has 17 heavy (non-hydrogen) atoms. The molecule has 0 unspecified atom stereocenters. The minimum absolute atomic E-state index is 0.126. The number of carbonyl (C=O) groups is 1. The number of hydrogen-bond donors (Lipinski definition) is 1. The number of aliphatic hydroxyl groups is 1. The molecule has 0 aromatic carbocycles. The first kappa shape index (κ1) is 12.4. The lowest BCUT2D eigenvalue weighted by molar-refractivity contribution is -0.127. The van der Waals surface area contributed by atoms with Crippen LogP contribution in [0.4, 0.5) is 0 Å². The molecule has 1 atom stereocenters. The van der Waals surface area contributed by atoms with Crippen LogP contribution < -0.4 is 0 Å². The summed E-state index contributed by atoms with van der Waals surface area (Å²) in [7, 11) is 0. The van der Waals surface area contributed by atoms with Crippen molar-refractivity contribution in [1.82, 2.24) is 9.88 Å². The number of rotatable bonds is 4. The van der Waals surface area contributed by atoms with Crippen molar-refractivity contribution in [2.45, 2.75) is 18.3 Å². The molecule has 4 nitrogen and oxygen atoms in total. The van der Waals surface area contributed by atoms with Crippen LogP contribution in [-0.2, 0) is 10.5 Å². The van der Waals surface area contributed by atoms with E-state index in [9.17, 15) is 9.90 Å². The third kappa shape index (κ3) is 3.71. The quantitative estimate of drug-likeness (QED) is 0.865. The van der Waals surface area contributed by atoms with Crippen LogP contribution in [0.2, 0.25) is 0 Å². The Kier molecular flexibility index (Phi) is 4.39. The Morgan fingerprint density at radius 2 is 2.29 bits per heavy atom. The number of carbonyl (C=O) groups excluding carboxylic acids is 1. The maximum Gasteiger partial charge on any atom is 0.232 e. The lowest BCUT2D eigenvalue weighted by Crippen LogP contribution is -2.30. The second-order valence-electron chi connectivity index (χ2n) is 4.13. The number of aromatic nitrogens is 1. The minimum Gasteiger partial charge on any atom is -0.391 e. The first-order chi connectivity index (χ1) is 8.25. The van der Waals surface area contributed by atoms with E-state index in [1.54, 1.807) is 29.1 Å². The Hall–Kier alpha value is -1.07. The molecule has 1 saturated heterocycles. The van der Waals surface area contributed by atoms with Gasteiger partial charge in [0.25, 0.3) is 0 Å². The number of nitrogens with zero attached hydrogens (tertiary/aromatic N) is 2. The first-order valence-electron chi connectivity index (χ1n) is 5.68. The van der Waals surface area contributed by atoms with E-state index in [1.807, 2.05) is 12.1 Å². The average molecular weight is 252 g/mol. The molecule has 92 valence electrons. The molecule has 5 heteroatoms. The number of amides is 1. The fourth-order valence-corrected chi connectivity index (χ4v) is 2.68. The van der Waals surface area contributed by atoms with Crippen LogP contribution in [0.5, 0.6) is 0 Å². The Balaban J connectivity index is 1.70. The van der Waals surface area contributed by atoms with Gasteiger partial charge in [-0.15, -0.1) is 11.8 Å². The fraction of sp³-hybridized carbons (Fsp3) is 0.500. The van der Waals surface area contributed by atoms with Gasteiger partial charge in [-0.1, -0.05) is 0 Å². The maximum absolute atomic E-state index is 11.8. The summed E-state index contributed by atoms with van der Waals surface area (Å²) in [6.45, 7) is 1.18. The molecular weight excluding hydrogens is 236 g/mol. The molecule has 0 saturated carbocycles. The molecule has 2 heterocycles. The zero-order valence-corrected chi connectivity index (χ0v) is 10.4. The summed E-state index contributed by atoms with van der Waals surface area (Å²) in [6, 6.07) is 3.91. The summed E-state index contributed by atoms with van der Waals surface area (Å²) in [5, 5.41) is 9.34. The second-order valence-corrected chi connectivity index (χ2v) is 5.12. The fourth-order valence-electron chi connectivity index (χ4n) is 1.79. The normalized spacial score (nSPS) is 19.6. The Bertz CT molecular complexity index is 372. The highest BCUT2D eigenvalue weighted by atomic mass is 32.2. The van der Waals surface area contributed by atoms with Gasteiger partial charge in [0.15, 0.2) is 0 Å². The molecule has 1 aromatic rings. The second kappa shape index (κ2) is 6.02. The zero-order chi connectivity index (χ0) is 12.1. The summed E-state index contributed by atoms with van der Waals surface area (Å²) >= 11 is 1.60. The molecular formula is C12H16N2O2S. The average Bonchev–Trinajstić information content (AvgIpc) is 2.77. The minimum atomic E-state index is -0.329. The van der Waals surface area contributed by atoms with Crippen molar-refractivity contribution in [2.24, 2.45) is 0 Å². The van der Waals surface area contributed by atoms with E-state index in [1.165, 1.54) is 5.56 Å². The van der Waals surface area contributed by atoms with Crippen molar-refractivity contribution in [3.63, 3.8) is 0 Å². The monoisotopic (exact) mass is 252 g/mol. The summed E-state index contributed by atoms with van der Waals surface area (Å²) in [4.78, 5) is 17.5. The van der Waals surface area contributed by atoms with Crippen molar-refractivity contribution in [3.8, 4) is 0 Å². The maximum atomic E-state index is 11.8. The Morgan fingerprint density at radius 1 is 1.53 bits per heavy atom. The molecule has 0 spiro atoms. The van der Waals surface area contributed by atoms with Gasteiger partial charge in [0.2, 0.25) is 5.91 Å². The number of thioether (sulfide) groups is 1. The van der Waals surface area contributed by atoms with Crippen molar-refractivity contribution in [2.75, 3.05) is 18.8 Å². The number of likely N-dealkylation sites (tertiary alicyclic amines) is 1. The van der Waals surface area contributed by atoms with E-state index in [2.05, 4.69) is 4.98 Å². The van der Waals surface area contributed by atoms with Crippen molar-refractivity contribution in [1.29, 1.82) is 0 Å². The van der Waals surface area contributed by atoms with Crippen molar-refractivity contribution in [3.05, 3.63) is 30.1 Å². The van der Waals surface area contributed by atoms with E-state index >= 15 is 0 Å². The summed E-state index contributed by atoms with van der Waals surface area (Å²) in [5.74, 6) is 1.43. The standard InChI is InChI=1S/C12H16N2O2S/c15-11-3-6-14(7-11)12(16)9-17-8-10-1-4-13-5-2-10/h1-2,4-5,11,15H,3,6-9H2/t11-/m1/s1. The van der Waals surface area contributed by atoms with E-state index in [-0.39, 0.29) is 12.0 Å². The predicted octanol–water partition coefficient (Wildman–Crippen LogP) is 0.908. The van der Waals surface area contributed by atoms with Gasteiger partial charge in [-0.2, -0.15) is 0 Å². The lowest BCUT2D eigenvalue weighted by Gasteiger charge is -2.14. The molecule has 2 rings (SSSR count). The molecule has 1 N–H and O–H groups in total. The van der Waals surface area contributed by atoms with E-state index in [0.29, 0.717) is 25.3 Å². The van der Waals surface area contributed by atoms with Crippen LogP contribution in [0, 0.1) is 0 Å². The third-order valence-corrected chi connectivity index (χ3v) is 3.75. The number of hydrogen-bond acceptors (Lipinski definition) is 4. The topological polar surface area (TPSA) is 53.4 Å². The first-order valence-corrected chi connectivity index (χ1v) is 6.83. The Morgan fingerprint density at radius 3 is 2.94 bits per heavy atom. The highest BCUT2D eigenvalue weighted by molar-refractivity contribution is 7.99. The van der Waals surface area contributed by atoms with Gasteiger partial charge in [0.1, 0.15) is 0 Å². The molecule has 1 fully saturated rings. The van der Waals surface area contributed by atoms with Crippen molar-refractivity contribution >= 4 is 17.7 Å². The van der Waals surface area contributed by atoms with Gasteiger partial charge < -0.3 is 10.0 Å². The van der Waals surface area contributed by atoms with E-state index < -0.39 is 0 Å². The molecule has 1 aromatic heterocycles. The van der Waals surface area contributed by atoms with E-state index in [4.69, 9.17) is 0 Å². The Labute approximate surface area is 105 Å². The number of β-amino-alcohol motifs (C(OH)–C–C–N with tert-alkyl or cyclic N) is 1. The lowest BCUT2D eigenvalue weighted by atomic mass is 10.3. The van der Waals surface area contributed by atoms with Crippen LogP contribution >= 0.6 is 11.8 Å². The van der Waals surface area contributed by atoms with Gasteiger partial charge in [-0.3, -0.25) is 9.78 Å². The van der Waals surface area contributed by atoms with Gasteiger partial charge in [0.05, 0.1) is 11.9 Å². The molecule has 1 aliphatic rings. The van der Waals surface area contributed by atoms with Crippen LogP contribution in [0.25, 0.3) is 0 Å². The third-order valence-electron chi connectivity index (χ3n) is 2.76. The summed E-state index contributed by atoms with van der Waals surface area (Å²) in [5.41, 5.74) is 1.18. The number of pyridine rings is 1. The summed E-state index contributed by atoms with van der Waals surface area (Å²) in [6.07, 6.45) is 3.90. The highest BCUT2D eigenvalue weighted by Gasteiger charge is 2.23. The molecule has 0 bridgehead atoms. The van der Waals surface area contributed by atoms with Crippen molar-refractivity contribution < 1.29 is 9.90 Å². The molecule has 1 amide bonds. The SMILES string of the molecule is O=C(CSCc1ccncc1)N1CC[C@@H](O)C1. The van der Waals surface area contributed by atoms with Gasteiger partial charge in [-0.05, 0) is 24.1 Å². The van der Waals surface area contributed by atoms with E-state index in [0.717, 1.165) is 5.75 Å². The molecule has 0 radical (unpaired) electrons. The van der Waals surface area contributed by atoms with Gasteiger partial charge in [-0.25, -0.2) is 0 Å². The van der Waals surface area contributed by atoms with Crippen LogP contribution in [0.3, 0.4) is 0 Å². The zero-order valence-electron chi connectivity index (χ0n) is 9.58.